The zero-order valence-electron chi connectivity index (χ0n) is 27.2. The predicted octanol–water partition coefficient (Wildman–Crippen LogP) is 8.14. The molecule has 6 rings (SSSR count). The maximum absolute atomic E-state index is 13.5. The molecule has 3 aromatic rings. The van der Waals surface area contributed by atoms with Crippen LogP contribution < -0.4 is 14.2 Å². The zero-order valence-corrected chi connectivity index (χ0v) is 27.2. The summed E-state index contributed by atoms with van der Waals surface area (Å²) < 4.78 is 45.7. The summed E-state index contributed by atoms with van der Waals surface area (Å²) in [4.78, 5) is 4.41. The van der Waals surface area contributed by atoms with Gasteiger partial charge in [-0.1, -0.05) is 36.8 Å². The van der Waals surface area contributed by atoms with Crippen LogP contribution in [0.5, 0.6) is 17.2 Å². The van der Waals surface area contributed by atoms with Crippen molar-refractivity contribution in [2.24, 2.45) is 0 Å². The first-order valence-corrected chi connectivity index (χ1v) is 16.8. The van der Waals surface area contributed by atoms with Crippen molar-refractivity contribution in [2.45, 2.75) is 84.3 Å². The summed E-state index contributed by atoms with van der Waals surface area (Å²) in [6, 6.07) is 14.7. The van der Waals surface area contributed by atoms with E-state index in [1.54, 1.807) is 7.11 Å². The van der Waals surface area contributed by atoms with Gasteiger partial charge < -0.3 is 14.2 Å². The van der Waals surface area contributed by atoms with Crippen molar-refractivity contribution < 1.29 is 23.0 Å². The second-order valence-corrected chi connectivity index (χ2v) is 13.1. The molecule has 2 aliphatic heterocycles. The van der Waals surface area contributed by atoms with Crippen LogP contribution in [-0.2, 0) is 26.0 Å². The number of hydrogen-bond acceptors (Lipinski definition) is 5. The fourth-order valence-electron chi connectivity index (χ4n) is 7.43. The lowest BCUT2D eigenvalue weighted by molar-refractivity contribution is 0.0118. The third-order valence-corrected chi connectivity index (χ3v) is 10.0. The quantitative estimate of drug-likeness (QED) is 0.192. The highest BCUT2D eigenvalue weighted by Gasteiger charge is 2.37. The number of hydrogen-bond donors (Lipinski definition) is 0. The van der Waals surface area contributed by atoms with Gasteiger partial charge in [0.1, 0.15) is 23.9 Å². The van der Waals surface area contributed by atoms with Crippen LogP contribution in [0.2, 0.25) is 0 Å². The Morgan fingerprint density at radius 1 is 0.778 bits per heavy atom. The van der Waals surface area contributed by atoms with E-state index in [1.807, 2.05) is 17.0 Å². The van der Waals surface area contributed by atoms with Crippen LogP contribution in [0.1, 0.15) is 71.9 Å². The molecule has 0 bridgehead atoms. The standard InChI is InChI=1S/C38H48F2N2O3/c1-27-29(25-45-37-23-36(43-3)34(32-14-8-15-33(32)37)24-41-18-5-4-6-19-41)11-7-12-30(27)31-13-9-16-35(28(31)2)44-22-10-20-42-21-17-38(39,40)26-42/h7,9,11-13,16,23H,4-6,8,10,14-15,17-22,24-26H2,1-3H3. The molecule has 0 N–H and O–H groups in total. The monoisotopic (exact) mass is 618 g/mol. The first kappa shape index (κ1) is 31.8. The topological polar surface area (TPSA) is 34.2 Å². The molecule has 0 aromatic heterocycles. The molecule has 2 fully saturated rings. The van der Waals surface area contributed by atoms with E-state index in [-0.39, 0.29) is 13.0 Å². The number of halogens is 2. The van der Waals surface area contributed by atoms with E-state index in [0.29, 0.717) is 26.3 Å². The third-order valence-electron chi connectivity index (χ3n) is 10.0. The van der Waals surface area contributed by atoms with Gasteiger partial charge in [0.05, 0.1) is 20.3 Å². The second kappa shape index (κ2) is 14.1. The molecular weight excluding hydrogens is 570 g/mol. The van der Waals surface area contributed by atoms with Gasteiger partial charge in [0.25, 0.3) is 5.92 Å². The number of ether oxygens (including phenoxy) is 3. The maximum Gasteiger partial charge on any atom is 0.261 e. The van der Waals surface area contributed by atoms with Crippen molar-refractivity contribution in [3.05, 3.63) is 75.8 Å². The minimum atomic E-state index is -2.55. The SMILES string of the molecule is COc1cc(OCc2cccc(-c3cccc(OCCCN4CCC(F)(F)C4)c3C)c2C)c2c(c1CN1CCCCC1)CCC2. The van der Waals surface area contributed by atoms with E-state index in [2.05, 4.69) is 49.1 Å². The van der Waals surface area contributed by atoms with E-state index >= 15 is 0 Å². The lowest BCUT2D eigenvalue weighted by atomic mass is 9.93. The van der Waals surface area contributed by atoms with Crippen molar-refractivity contribution in [3.8, 4) is 28.4 Å². The Morgan fingerprint density at radius 2 is 1.53 bits per heavy atom. The molecule has 0 saturated carbocycles. The van der Waals surface area contributed by atoms with Gasteiger partial charge in [-0.05, 0) is 110 Å². The normalized spacial score (nSPS) is 18.2. The summed E-state index contributed by atoms with van der Waals surface area (Å²) in [6.45, 7) is 9.51. The lowest BCUT2D eigenvalue weighted by Crippen LogP contribution is -2.29. The van der Waals surface area contributed by atoms with Crippen LogP contribution in [0.4, 0.5) is 8.78 Å². The smallest absolute Gasteiger partial charge is 0.261 e. The van der Waals surface area contributed by atoms with E-state index in [9.17, 15) is 8.78 Å². The summed E-state index contributed by atoms with van der Waals surface area (Å²) in [5.74, 6) is 0.198. The van der Waals surface area contributed by atoms with Gasteiger partial charge in [-0.2, -0.15) is 0 Å². The molecule has 7 heteroatoms. The van der Waals surface area contributed by atoms with Crippen LogP contribution in [0.25, 0.3) is 11.1 Å². The summed E-state index contributed by atoms with van der Waals surface area (Å²) in [5, 5.41) is 0. The highest BCUT2D eigenvalue weighted by molar-refractivity contribution is 5.73. The Morgan fingerprint density at radius 3 is 2.29 bits per heavy atom. The maximum atomic E-state index is 13.5. The number of benzene rings is 3. The molecule has 45 heavy (non-hydrogen) atoms. The van der Waals surface area contributed by atoms with Crippen LogP contribution in [0, 0.1) is 13.8 Å². The molecule has 1 aliphatic carbocycles. The summed E-state index contributed by atoms with van der Waals surface area (Å²) in [7, 11) is 1.78. The van der Waals surface area contributed by atoms with Gasteiger partial charge in [0.2, 0.25) is 0 Å². The number of likely N-dealkylation sites (tertiary alicyclic amines) is 2. The van der Waals surface area contributed by atoms with Crippen LogP contribution in [0.3, 0.4) is 0 Å². The minimum Gasteiger partial charge on any atom is -0.496 e. The number of piperidine rings is 1. The van der Waals surface area contributed by atoms with Crippen LogP contribution >= 0.6 is 0 Å². The molecule has 2 saturated heterocycles. The van der Waals surface area contributed by atoms with Crippen molar-refractivity contribution in [1.82, 2.24) is 9.80 Å². The fraction of sp³-hybridized carbons (Fsp3) is 0.526. The summed E-state index contributed by atoms with van der Waals surface area (Å²) in [5.41, 5.74) is 9.88. The Balaban J connectivity index is 1.14. The number of alkyl halides is 2. The van der Waals surface area contributed by atoms with Crippen LogP contribution in [0.15, 0.2) is 42.5 Å². The fourth-order valence-corrected chi connectivity index (χ4v) is 7.43. The molecule has 3 aliphatic rings. The van der Waals surface area contributed by atoms with Gasteiger partial charge in [-0.15, -0.1) is 0 Å². The van der Waals surface area contributed by atoms with Gasteiger partial charge in [0.15, 0.2) is 0 Å². The van der Waals surface area contributed by atoms with Crippen molar-refractivity contribution in [2.75, 3.05) is 46.4 Å². The average Bonchev–Trinajstić information content (AvgIpc) is 3.67. The Kier molecular flexibility index (Phi) is 9.96. The highest BCUT2D eigenvalue weighted by atomic mass is 19.3. The zero-order chi connectivity index (χ0) is 31.4. The van der Waals surface area contributed by atoms with Gasteiger partial charge in [-0.3, -0.25) is 9.80 Å². The van der Waals surface area contributed by atoms with E-state index in [1.165, 1.54) is 54.6 Å². The molecule has 2 heterocycles. The summed E-state index contributed by atoms with van der Waals surface area (Å²) >= 11 is 0. The Labute approximate surface area is 267 Å². The largest absolute Gasteiger partial charge is 0.496 e. The number of fused-ring (bicyclic) bond motifs is 1. The van der Waals surface area contributed by atoms with E-state index in [4.69, 9.17) is 14.2 Å². The number of nitrogens with zero attached hydrogens (tertiary/aromatic N) is 2. The predicted molar refractivity (Wildman–Crippen MR) is 176 cm³/mol. The molecule has 0 atom stereocenters. The molecule has 3 aromatic carbocycles. The number of methoxy groups -OCH3 is 1. The first-order valence-electron chi connectivity index (χ1n) is 16.8. The molecule has 0 unspecified atom stereocenters. The summed E-state index contributed by atoms with van der Waals surface area (Å²) in [6.07, 6.45) is 7.89. The lowest BCUT2D eigenvalue weighted by Gasteiger charge is -2.28. The third kappa shape index (κ3) is 7.30. The minimum absolute atomic E-state index is 0.0417. The molecule has 242 valence electrons. The van der Waals surface area contributed by atoms with Gasteiger partial charge in [-0.25, -0.2) is 8.78 Å². The van der Waals surface area contributed by atoms with Crippen molar-refractivity contribution >= 4 is 0 Å². The molecular formula is C38H48F2N2O3. The van der Waals surface area contributed by atoms with Gasteiger partial charge in [0, 0.05) is 37.7 Å². The Hall–Kier alpha value is -3.16. The highest BCUT2D eigenvalue weighted by Crippen LogP contribution is 2.41. The van der Waals surface area contributed by atoms with E-state index in [0.717, 1.165) is 71.7 Å². The first-order chi connectivity index (χ1) is 21.8. The van der Waals surface area contributed by atoms with Gasteiger partial charge >= 0.3 is 0 Å². The Bertz CT molecular complexity index is 1480. The second-order valence-electron chi connectivity index (χ2n) is 13.1. The molecule has 5 nitrogen and oxygen atoms in total. The average molecular weight is 619 g/mol. The van der Waals surface area contributed by atoms with Crippen molar-refractivity contribution in [1.29, 1.82) is 0 Å². The molecule has 0 amide bonds. The van der Waals surface area contributed by atoms with E-state index < -0.39 is 5.92 Å². The molecule has 0 radical (unpaired) electrons. The van der Waals surface area contributed by atoms with Crippen molar-refractivity contribution in [3.63, 3.8) is 0 Å². The van der Waals surface area contributed by atoms with Crippen LogP contribution in [-0.4, -0.2) is 62.2 Å². The number of rotatable bonds is 12. The molecule has 0 spiro atoms.